The molecule has 0 saturated carbocycles. The molecule has 13 heavy (non-hydrogen) atoms. The van der Waals surface area contributed by atoms with Crippen LogP contribution in [0.3, 0.4) is 0 Å². The van der Waals surface area contributed by atoms with Crippen molar-refractivity contribution in [3.8, 4) is 0 Å². The van der Waals surface area contributed by atoms with Crippen LogP contribution in [0.25, 0.3) is 0 Å². The summed E-state index contributed by atoms with van der Waals surface area (Å²) in [4.78, 5) is 3.25. The van der Waals surface area contributed by atoms with Gasteiger partial charge in [-0.25, -0.2) is 4.98 Å². The maximum atomic E-state index is 12.2. The standard InChI is InChI=1S/C7H9F3N2O/c1-2-4-6(7(8,9)10)12-5(3-11)13-4/h2-3,11H2,1H3. The van der Waals surface area contributed by atoms with Gasteiger partial charge in [-0.05, 0) is 0 Å². The molecule has 0 aromatic carbocycles. The summed E-state index contributed by atoms with van der Waals surface area (Å²) in [6, 6.07) is 0. The van der Waals surface area contributed by atoms with Crippen LogP contribution in [-0.2, 0) is 19.1 Å². The molecule has 3 nitrogen and oxygen atoms in total. The fourth-order valence-corrected chi connectivity index (χ4v) is 0.949. The molecule has 1 aromatic heterocycles. The summed E-state index contributed by atoms with van der Waals surface area (Å²) >= 11 is 0. The highest BCUT2D eigenvalue weighted by Crippen LogP contribution is 2.31. The van der Waals surface area contributed by atoms with Crippen LogP contribution < -0.4 is 5.73 Å². The molecule has 0 amide bonds. The van der Waals surface area contributed by atoms with Gasteiger partial charge in [0.2, 0.25) is 5.89 Å². The number of aryl methyl sites for hydroxylation is 1. The molecule has 1 aromatic rings. The van der Waals surface area contributed by atoms with Gasteiger partial charge in [0.15, 0.2) is 5.69 Å². The molecular weight excluding hydrogens is 185 g/mol. The van der Waals surface area contributed by atoms with Crippen LogP contribution in [0.15, 0.2) is 4.42 Å². The topological polar surface area (TPSA) is 52.0 Å². The first kappa shape index (κ1) is 10.0. The first-order chi connectivity index (χ1) is 5.99. The molecule has 0 bridgehead atoms. The molecule has 2 N–H and O–H groups in total. The van der Waals surface area contributed by atoms with Crippen molar-refractivity contribution >= 4 is 0 Å². The molecule has 0 unspecified atom stereocenters. The van der Waals surface area contributed by atoms with Gasteiger partial charge in [0.05, 0.1) is 6.54 Å². The second-order valence-electron chi connectivity index (χ2n) is 2.43. The Bertz CT molecular complexity index is 292. The van der Waals surface area contributed by atoms with Gasteiger partial charge in [0, 0.05) is 6.42 Å². The van der Waals surface area contributed by atoms with Crippen molar-refractivity contribution in [1.82, 2.24) is 4.98 Å². The summed E-state index contributed by atoms with van der Waals surface area (Å²) in [5, 5.41) is 0. The van der Waals surface area contributed by atoms with Crippen LogP contribution in [0.4, 0.5) is 13.2 Å². The van der Waals surface area contributed by atoms with E-state index in [4.69, 9.17) is 10.2 Å². The SMILES string of the molecule is CCc1oc(CN)nc1C(F)(F)F. The number of nitrogens with zero attached hydrogens (tertiary/aromatic N) is 1. The van der Waals surface area contributed by atoms with Gasteiger partial charge in [-0.3, -0.25) is 0 Å². The number of nitrogens with two attached hydrogens (primary N) is 1. The summed E-state index contributed by atoms with van der Waals surface area (Å²) in [5.41, 5.74) is 4.14. The third-order valence-electron chi connectivity index (χ3n) is 1.51. The van der Waals surface area contributed by atoms with Crippen LogP contribution in [0.2, 0.25) is 0 Å². The van der Waals surface area contributed by atoms with Gasteiger partial charge in [0.1, 0.15) is 5.76 Å². The van der Waals surface area contributed by atoms with E-state index >= 15 is 0 Å². The zero-order valence-electron chi connectivity index (χ0n) is 6.98. The van der Waals surface area contributed by atoms with Crippen molar-refractivity contribution < 1.29 is 17.6 Å². The molecule has 0 fully saturated rings. The molecule has 1 heterocycles. The molecule has 0 atom stereocenters. The van der Waals surface area contributed by atoms with Crippen LogP contribution in [0.1, 0.15) is 24.3 Å². The average Bonchev–Trinajstić information content (AvgIpc) is 2.46. The highest BCUT2D eigenvalue weighted by Gasteiger charge is 2.37. The fourth-order valence-electron chi connectivity index (χ4n) is 0.949. The third-order valence-corrected chi connectivity index (χ3v) is 1.51. The summed E-state index contributed by atoms with van der Waals surface area (Å²) in [7, 11) is 0. The second-order valence-corrected chi connectivity index (χ2v) is 2.43. The smallest absolute Gasteiger partial charge is 0.436 e. The Balaban J connectivity index is 3.11. The molecule has 1 rings (SSSR count). The van der Waals surface area contributed by atoms with E-state index in [9.17, 15) is 13.2 Å². The predicted octanol–water partition coefficient (Wildman–Crippen LogP) is 1.71. The van der Waals surface area contributed by atoms with E-state index in [1.165, 1.54) is 0 Å². The van der Waals surface area contributed by atoms with Crippen molar-refractivity contribution in [3.63, 3.8) is 0 Å². The monoisotopic (exact) mass is 194 g/mol. The number of alkyl halides is 3. The van der Waals surface area contributed by atoms with Crippen LogP contribution >= 0.6 is 0 Å². The first-order valence-electron chi connectivity index (χ1n) is 3.74. The summed E-state index contributed by atoms with van der Waals surface area (Å²) in [6.07, 6.45) is -4.30. The van der Waals surface area contributed by atoms with E-state index in [-0.39, 0.29) is 24.6 Å². The first-order valence-corrected chi connectivity index (χ1v) is 3.74. The van der Waals surface area contributed by atoms with Gasteiger partial charge in [-0.2, -0.15) is 13.2 Å². The molecule has 0 radical (unpaired) electrons. The lowest BCUT2D eigenvalue weighted by Gasteiger charge is -2.01. The Morgan fingerprint density at radius 3 is 2.38 bits per heavy atom. The minimum Gasteiger partial charge on any atom is -0.444 e. The van der Waals surface area contributed by atoms with E-state index in [0.717, 1.165) is 0 Å². The third kappa shape index (κ3) is 2.00. The molecule has 0 aliphatic heterocycles. The number of oxazole rings is 1. The molecule has 6 heteroatoms. The molecule has 0 spiro atoms. The van der Waals surface area contributed by atoms with E-state index in [2.05, 4.69) is 4.98 Å². The summed E-state index contributed by atoms with van der Waals surface area (Å²) in [6.45, 7) is 1.44. The van der Waals surface area contributed by atoms with E-state index in [0.29, 0.717) is 0 Å². The number of aromatic nitrogens is 1. The largest absolute Gasteiger partial charge is 0.444 e. The van der Waals surface area contributed by atoms with E-state index < -0.39 is 11.9 Å². The number of halogens is 3. The van der Waals surface area contributed by atoms with Gasteiger partial charge in [-0.1, -0.05) is 6.92 Å². The zero-order valence-corrected chi connectivity index (χ0v) is 6.98. The molecule has 0 aliphatic rings. The summed E-state index contributed by atoms with van der Waals surface area (Å²) < 4.78 is 41.4. The Kier molecular flexibility index (Phi) is 2.60. The van der Waals surface area contributed by atoms with Gasteiger partial charge in [-0.15, -0.1) is 0 Å². The van der Waals surface area contributed by atoms with Crippen molar-refractivity contribution in [3.05, 3.63) is 17.3 Å². The predicted molar refractivity (Wildman–Crippen MR) is 38.8 cm³/mol. The van der Waals surface area contributed by atoms with Crippen molar-refractivity contribution in [2.45, 2.75) is 26.1 Å². The van der Waals surface area contributed by atoms with Crippen LogP contribution in [0, 0.1) is 0 Å². The highest BCUT2D eigenvalue weighted by molar-refractivity contribution is 5.13. The molecule has 74 valence electrons. The number of hydrogen-bond acceptors (Lipinski definition) is 3. The Labute approximate surface area is 72.7 Å². The lowest BCUT2D eigenvalue weighted by Crippen LogP contribution is -2.08. The Hall–Kier alpha value is -1.04. The van der Waals surface area contributed by atoms with Gasteiger partial charge < -0.3 is 10.2 Å². The lowest BCUT2D eigenvalue weighted by molar-refractivity contribution is -0.141. The van der Waals surface area contributed by atoms with Gasteiger partial charge >= 0.3 is 6.18 Å². The maximum Gasteiger partial charge on any atom is 0.436 e. The summed E-state index contributed by atoms with van der Waals surface area (Å²) in [5.74, 6) is -0.239. The minimum atomic E-state index is -4.46. The van der Waals surface area contributed by atoms with Crippen LogP contribution in [-0.4, -0.2) is 4.98 Å². The van der Waals surface area contributed by atoms with Crippen molar-refractivity contribution in [2.75, 3.05) is 0 Å². The van der Waals surface area contributed by atoms with Gasteiger partial charge in [0.25, 0.3) is 0 Å². The molecule has 0 saturated heterocycles. The quantitative estimate of drug-likeness (QED) is 0.779. The number of hydrogen-bond donors (Lipinski definition) is 1. The molecule has 0 aliphatic carbocycles. The van der Waals surface area contributed by atoms with Crippen LogP contribution in [0.5, 0.6) is 0 Å². The molecular formula is C7H9F3N2O. The Morgan fingerprint density at radius 1 is 1.46 bits per heavy atom. The lowest BCUT2D eigenvalue weighted by atomic mass is 10.3. The van der Waals surface area contributed by atoms with E-state index in [1.54, 1.807) is 6.92 Å². The number of rotatable bonds is 2. The fraction of sp³-hybridized carbons (Fsp3) is 0.571. The average molecular weight is 194 g/mol. The normalized spacial score (nSPS) is 12.1. The highest BCUT2D eigenvalue weighted by atomic mass is 19.4. The van der Waals surface area contributed by atoms with Crippen molar-refractivity contribution in [2.24, 2.45) is 5.73 Å². The zero-order chi connectivity index (χ0) is 10.1. The van der Waals surface area contributed by atoms with E-state index in [1.807, 2.05) is 0 Å². The maximum absolute atomic E-state index is 12.2. The Morgan fingerprint density at radius 2 is 2.08 bits per heavy atom. The second kappa shape index (κ2) is 3.37. The van der Waals surface area contributed by atoms with Crippen molar-refractivity contribution in [1.29, 1.82) is 0 Å². The minimum absolute atomic E-state index is 0.0795.